The number of benzene rings is 1. The van der Waals surface area contributed by atoms with E-state index >= 15 is 0 Å². The lowest BCUT2D eigenvalue weighted by Crippen LogP contribution is -1.99. The predicted molar refractivity (Wildman–Crippen MR) is 62.9 cm³/mol. The molecular formula is C11H12FN3S. The van der Waals surface area contributed by atoms with E-state index in [2.05, 4.69) is 10.2 Å². The Bertz CT molecular complexity index is 478. The fourth-order valence-electron chi connectivity index (χ4n) is 1.54. The molecule has 0 unspecified atom stereocenters. The summed E-state index contributed by atoms with van der Waals surface area (Å²) < 4.78 is 14.8. The maximum absolute atomic E-state index is 12.8. The first-order valence-electron chi connectivity index (χ1n) is 4.99. The van der Waals surface area contributed by atoms with Gasteiger partial charge in [0, 0.05) is 12.1 Å². The van der Waals surface area contributed by atoms with E-state index in [0.717, 1.165) is 23.1 Å². The number of hydrogen-bond donors (Lipinski definition) is 0. The molecule has 0 aliphatic heterocycles. The average molecular weight is 237 g/mol. The van der Waals surface area contributed by atoms with Gasteiger partial charge in [0.2, 0.25) is 0 Å². The molecule has 1 aromatic carbocycles. The average Bonchev–Trinajstić information content (AvgIpc) is 2.72. The van der Waals surface area contributed by atoms with Crippen LogP contribution in [0.4, 0.5) is 4.39 Å². The Labute approximate surface area is 97.7 Å². The van der Waals surface area contributed by atoms with Gasteiger partial charge in [0.25, 0.3) is 0 Å². The third-order valence-electron chi connectivity index (χ3n) is 2.32. The van der Waals surface area contributed by atoms with Gasteiger partial charge in [-0.05, 0) is 37.4 Å². The molecule has 0 amide bonds. The minimum Gasteiger partial charge on any atom is -0.302 e. The number of nitrogens with zero attached hydrogens (tertiary/aromatic N) is 3. The lowest BCUT2D eigenvalue weighted by Gasteiger charge is -2.05. The normalized spacial score (nSPS) is 10.7. The summed E-state index contributed by atoms with van der Waals surface area (Å²) in [6, 6.07) is 6.30. The fourth-order valence-corrected chi connectivity index (χ4v) is 2.10. The lowest BCUT2D eigenvalue weighted by atomic mass is 10.2. The number of thioether (sulfide) groups is 1. The van der Waals surface area contributed by atoms with Crippen LogP contribution in [0.5, 0.6) is 0 Å². The van der Waals surface area contributed by atoms with Crippen molar-refractivity contribution in [1.82, 2.24) is 14.8 Å². The molecular weight excluding hydrogens is 225 g/mol. The maximum atomic E-state index is 12.8. The van der Waals surface area contributed by atoms with Crippen LogP contribution in [0, 0.1) is 5.82 Å². The van der Waals surface area contributed by atoms with Gasteiger partial charge in [0.15, 0.2) is 11.0 Å². The zero-order valence-corrected chi connectivity index (χ0v) is 9.96. The molecule has 0 N–H and O–H groups in total. The molecule has 0 aliphatic carbocycles. The molecule has 1 aromatic heterocycles. The molecule has 3 nitrogen and oxygen atoms in total. The summed E-state index contributed by atoms with van der Waals surface area (Å²) in [5.74, 6) is 0.545. The Balaban J connectivity index is 2.47. The van der Waals surface area contributed by atoms with Crippen molar-refractivity contribution in [3.63, 3.8) is 0 Å². The van der Waals surface area contributed by atoms with Gasteiger partial charge >= 0.3 is 0 Å². The zero-order valence-electron chi connectivity index (χ0n) is 9.14. The van der Waals surface area contributed by atoms with Gasteiger partial charge in [-0.3, -0.25) is 0 Å². The van der Waals surface area contributed by atoms with E-state index in [0.29, 0.717) is 0 Å². The Morgan fingerprint density at radius 1 is 1.25 bits per heavy atom. The van der Waals surface area contributed by atoms with Gasteiger partial charge in [0.05, 0.1) is 0 Å². The summed E-state index contributed by atoms with van der Waals surface area (Å²) >= 11 is 1.55. The molecule has 1 heterocycles. The van der Waals surface area contributed by atoms with Crippen molar-refractivity contribution in [2.45, 2.75) is 18.6 Å². The molecule has 0 bridgehead atoms. The molecule has 0 aliphatic rings. The molecule has 5 heteroatoms. The largest absolute Gasteiger partial charge is 0.302 e. The maximum Gasteiger partial charge on any atom is 0.191 e. The van der Waals surface area contributed by atoms with Crippen molar-refractivity contribution in [1.29, 1.82) is 0 Å². The molecule has 0 spiro atoms. The molecule has 0 saturated carbocycles. The van der Waals surface area contributed by atoms with E-state index in [1.54, 1.807) is 23.9 Å². The zero-order chi connectivity index (χ0) is 11.5. The Morgan fingerprint density at radius 3 is 2.50 bits per heavy atom. The van der Waals surface area contributed by atoms with Crippen molar-refractivity contribution in [3.05, 3.63) is 30.1 Å². The monoisotopic (exact) mass is 237 g/mol. The van der Waals surface area contributed by atoms with Crippen LogP contribution in [-0.4, -0.2) is 21.0 Å². The van der Waals surface area contributed by atoms with Crippen molar-refractivity contribution in [2.24, 2.45) is 0 Å². The van der Waals surface area contributed by atoms with Crippen LogP contribution in [0.1, 0.15) is 6.92 Å². The number of aromatic nitrogens is 3. The van der Waals surface area contributed by atoms with Gasteiger partial charge in [-0.15, -0.1) is 10.2 Å². The van der Waals surface area contributed by atoms with Crippen LogP contribution in [0.25, 0.3) is 11.4 Å². The third kappa shape index (κ3) is 1.95. The van der Waals surface area contributed by atoms with E-state index in [1.165, 1.54) is 12.1 Å². The van der Waals surface area contributed by atoms with Crippen LogP contribution in [0.15, 0.2) is 29.4 Å². The van der Waals surface area contributed by atoms with Crippen LogP contribution in [-0.2, 0) is 6.54 Å². The quantitative estimate of drug-likeness (QED) is 0.769. The summed E-state index contributed by atoms with van der Waals surface area (Å²) in [7, 11) is 0. The summed E-state index contributed by atoms with van der Waals surface area (Å²) in [5, 5.41) is 9.09. The van der Waals surface area contributed by atoms with Gasteiger partial charge in [-0.1, -0.05) is 11.8 Å². The Morgan fingerprint density at radius 2 is 1.94 bits per heavy atom. The second-order valence-corrected chi connectivity index (χ2v) is 4.03. The number of halogens is 1. The van der Waals surface area contributed by atoms with E-state index in [1.807, 2.05) is 17.7 Å². The highest BCUT2D eigenvalue weighted by atomic mass is 32.2. The predicted octanol–water partition coefficient (Wildman–Crippen LogP) is 2.83. The standard InChI is InChI=1S/C11H12FN3S/c1-3-15-10(13-14-11(15)16-2)8-4-6-9(12)7-5-8/h4-7H,3H2,1-2H3. The van der Waals surface area contributed by atoms with Gasteiger partial charge in [-0.2, -0.15) is 0 Å². The summed E-state index contributed by atoms with van der Waals surface area (Å²) in [6.07, 6.45) is 1.96. The lowest BCUT2D eigenvalue weighted by molar-refractivity contribution is 0.627. The van der Waals surface area contributed by atoms with Crippen molar-refractivity contribution in [3.8, 4) is 11.4 Å². The minimum absolute atomic E-state index is 0.239. The summed E-state index contributed by atoms with van der Waals surface area (Å²) in [4.78, 5) is 0. The molecule has 2 aromatic rings. The minimum atomic E-state index is -0.239. The Hall–Kier alpha value is -1.36. The SMILES string of the molecule is CCn1c(SC)nnc1-c1ccc(F)cc1. The van der Waals surface area contributed by atoms with E-state index in [-0.39, 0.29) is 5.82 Å². The molecule has 2 rings (SSSR count). The highest BCUT2D eigenvalue weighted by Crippen LogP contribution is 2.22. The Kier molecular flexibility index (Phi) is 3.24. The fraction of sp³-hybridized carbons (Fsp3) is 0.273. The smallest absolute Gasteiger partial charge is 0.191 e. The summed E-state index contributed by atoms with van der Waals surface area (Å²) in [5.41, 5.74) is 0.885. The van der Waals surface area contributed by atoms with Crippen LogP contribution in [0.2, 0.25) is 0 Å². The molecule has 0 fully saturated rings. The molecule has 84 valence electrons. The van der Waals surface area contributed by atoms with Crippen LogP contribution in [0.3, 0.4) is 0 Å². The first-order valence-corrected chi connectivity index (χ1v) is 6.22. The van der Waals surface area contributed by atoms with E-state index in [4.69, 9.17) is 0 Å². The molecule has 0 saturated heterocycles. The number of hydrogen-bond acceptors (Lipinski definition) is 3. The third-order valence-corrected chi connectivity index (χ3v) is 2.99. The van der Waals surface area contributed by atoms with Crippen LogP contribution < -0.4 is 0 Å². The summed E-state index contributed by atoms with van der Waals surface area (Å²) in [6.45, 7) is 2.84. The van der Waals surface area contributed by atoms with Crippen molar-refractivity contribution >= 4 is 11.8 Å². The van der Waals surface area contributed by atoms with Crippen LogP contribution >= 0.6 is 11.8 Å². The number of rotatable bonds is 3. The molecule has 0 atom stereocenters. The topological polar surface area (TPSA) is 30.7 Å². The van der Waals surface area contributed by atoms with Gasteiger partial charge in [-0.25, -0.2) is 4.39 Å². The highest BCUT2D eigenvalue weighted by Gasteiger charge is 2.11. The van der Waals surface area contributed by atoms with E-state index in [9.17, 15) is 4.39 Å². The first-order chi connectivity index (χ1) is 7.76. The highest BCUT2D eigenvalue weighted by molar-refractivity contribution is 7.98. The van der Waals surface area contributed by atoms with Crippen molar-refractivity contribution < 1.29 is 4.39 Å². The second-order valence-electron chi connectivity index (χ2n) is 3.26. The van der Waals surface area contributed by atoms with Gasteiger partial charge in [0.1, 0.15) is 5.82 Å². The second kappa shape index (κ2) is 4.65. The molecule has 0 radical (unpaired) electrons. The van der Waals surface area contributed by atoms with Crippen molar-refractivity contribution in [2.75, 3.05) is 6.26 Å². The molecule has 16 heavy (non-hydrogen) atoms. The van der Waals surface area contributed by atoms with E-state index < -0.39 is 0 Å². The first kappa shape index (κ1) is 11.1. The van der Waals surface area contributed by atoms with Gasteiger partial charge < -0.3 is 4.57 Å².